The third-order valence-corrected chi connectivity index (χ3v) is 12.2. The minimum absolute atomic E-state index is 0.0132. The maximum Gasteiger partial charge on any atom is 0.268 e. The largest absolute Gasteiger partial charge is 0.756 e. The van der Waals surface area contributed by atoms with Gasteiger partial charge in [-0.05, 0) is 38.5 Å². The van der Waals surface area contributed by atoms with Crippen molar-refractivity contribution in [2.45, 2.75) is 251 Å². The van der Waals surface area contributed by atoms with Crippen molar-refractivity contribution in [2.75, 3.05) is 40.9 Å². The van der Waals surface area contributed by atoms with Crippen LogP contribution >= 0.6 is 7.82 Å². The fourth-order valence-corrected chi connectivity index (χ4v) is 8.05. The van der Waals surface area contributed by atoms with Crippen molar-refractivity contribution in [1.82, 2.24) is 5.32 Å². The average Bonchev–Trinajstić information content (AvgIpc) is 3.16. The van der Waals surface area contributed by atoms with E-state index >= 15 is 0 Å². The van der Waals surface area contributed by atoms with Crippen molar-refractivity contribution in [3.63, 3.8) is 0 Å². The maximum atomic E-state index is 12.9. The summed E-state index contributed by atoms with van der Waals surface area (Å²) in [6, 6.07) is -0.798. The van der Waals surface area contributed by atoms with E-state index in [4.69, 9.17) is 9.05 Å². The molecule has 0 aromatic heterocycles. The quantitative estimate of drug-likeness (QED) is 0.0274. The summed E-state index contributed by atoms with van der Waals surface area (Å²) >= 11 is 0. The molecule has 0 heterocycles. The standard InChI is InChI=1S/C48H97N2O6P/c1-6-8-10-12-14-16-18-20-21-22-23-24-25-26-27-28-29-30-32-34-36-38-40-42-48(52)49-46(45-56-57(53,54)55-44-43-50(3,4)5)47(51)41-39-37-35-33-31-19-17-15-13-11-9-7-2/h26-27,46-47,51H,6-25,28-45H2,1-5H3,(H-,49,52,53,54)/b27-26-. The van der Waals surface area contributed by atoms with Crippen molar-refractivity contribution in [3.05, 3.63) is 12.2 Å². The van der Waals surface area contributed by atoms with Crippen LogP contribution in [0.15, 0.2) is 12.2 Å². The summed E-state index contributed by atoms with van der Waals surface area (Å²) in [7, 11) is 1.31. The Morgan fingerprint density at radius 1 is 0.596 bits per heavy atom. The highest BCUT2D eigenvalue weighted by atomic mass is 31.2. The first-order chi connectivity index (χ1) is 27.5. The van der Waals surface area contributed by atoms with E-state index in [0.717, 1.165) is 38.5 Å². The molecule has 0 aliphatic heterocycles. The van der Waals surface area contributed by atoms with Gasteiger partial charge in [0, 0.05) is 6.42 Å². The van der Waals surface area contributed by atoms with E-state index < -0.39 is 20.0 Å². The number of unbranched alkanes of at least 4 members (excludes halogenated alkanes) is 30. The van der Waals surface area contributed by atoms with Crippen LogP contribution in [0.1, 0.15) is 239 Å². The first-order valence-corrected chi connectivity index (χ1v) is 26.0. The molecule has 2 N–H and O–H groups in total. The number of phosphoric acid groups is 1. The maximum absolute atomic E-state index is 12.9. The number of allylic oxidation sites excluding steroid dienone is 2. The smallest absolute Gasteiger partial charge is 0.268 e. The topological polar surface area (TPSA) is 108 Å². The number of likely N-dealkylation sites (N-methyl/N-ethyl adjacent to an activating group) is 1. The zero-order valence-electron chi connectivity index (χ0n) is 38.6. The SMILES string of the molecule is CCCCCCCCCCCCCC/C=C\CCCCCCCCCC(=O)NC(COP(=O)([O-])OCC[N+](C)(C)C)C(O)CCCCCCCCCCCCCC. The first kappa shape index (κ1) is 56.2. The van der Waals surface area contributed by atoms with Crippen molar-refractivity contribution in [3.8, 4) is 0 Å². The molecule has 0 spiro atoms. The van der Waals surface area contributed by atoms with Gasteiger partial charge in [-0.15, -0.1) is 0 Å². The molecule has 3 unspecified atom stereocenters. The lowest BCUT2D eigenvalue weighted by molar-refractivity contribution is -0.870. The monoisotopic (exact) mass is 829 g/mol. The lowest BCUT2D eigenvalue weighted by Gasteiger charge is -2.30. The summed E-state index contributed by atoms with van der Waals surface area (Å²) in [5.74, 6) is -0.167. The fourth-order valence-electron chi connectivity index (χ4n) is 7.33. The number of rotatable bonds is 45. The Balaban J connectivity index is 4.19. The molecule has 8 nitrogen and oxygen atoms in total. The van der Waals surface area contributed by atoms with Gasteiger partial charge in [0.1, 0.15) is 13.2 Å². The van der Waals surface area contributed by atoms with E-state index in [1.165, 1.54) is 173 Å². The van der Waals surface area contributed by atoms with Crippen molar-refractivity contribution in [2.24, 2.45) is 0 Å². The van der Waals surface area contributed by atoms with E-state index in [1.807, 2.05) is 21.1 Å². The van der Waals surface area contributed by atoms with Crippen LogP contribution in [0.25, 0.3) is 0 Å². The molecule has 0 fully saturated rings. The summed E-state index contributed by atoms with van der Waals surface area (Å²) < 4.78 is 23.3. The Bertz CT molecular complexity index is 942. The van der Waals surface area contributed by atoms with Crippen LogP contribution in [0.5, 0.6) is 0 Å². The van der Waals surface area contributed by atoms with Gasteiger partial charge in [0.05, 0.1) is 39.9 Å². The molecule has 0 aromatic carbocycles. The molecular formula is C48H97N2O6P. The molecule has 0 aliphatic rings. The van der Waals surface area contributed by atoms with Crippen molar-refractivity contribution < 1.29 is 32.9 Å². The normalized spacial score (nSPS) is 14.3. The highest BCUT2D eigenvalue weighted by molar-refractivity contribution is 7.45. The number of nitrogens with zero attached hydrogens (tertiary/aromatic N) is 1. The van der Waals surface area contributed by atoms with Crippen LogP contribution in [0, 0.1) is 0 Å². The molecular weight excluding hydrogens is 732 g/mol. The summed E-state index contributed by atoms with van der Waals surface area (Å²) in [5, 5.41) is 13.9. The van der Waals surface area contributed by atoms with Crippen molar-refractivity contribution in [1.29, 1.82) is 0 Å². The molecule has 0 radical (unpaired) electrons. The van der Waals surface area contributed by atoms with Gasteiger partial charge in [0.2, 0.25) is 5.91 Å². The Kier molecular flexibility index (Phi) is 40.1. The molecule has 9 heteroatoms. The number of phosphoric ester groups is 1. The summed E-state index contributed by atoms with van der Waals surface area (Å²) in [6.07, 6.45) is 46.5. The van der Waals surface area contributed by atoms with Crippen LogP contribution in [-0.4, -0.2) is 68.5 Å². The number of amides is 1. The highest BCUT2D eigenvalue weighted by Gasteiger charge is 2.24. The second-order valence-electron chi connectivity index (χ2n) is 18.2. The van der Waals surface area contributed by atoms with Gasteiger partial charge in [0.15, 0.2) is 0 Å². The molecule has 0 rings (SSSR count). The Morgan fingerprint density at radius 3 is 1.37 bits per heavy atom. The van der Waals surface area contributed by atoms with Crippen LogP contribution in [0.2, 0.25) is 0 Å². The lowest BCUT2D eigenvalue weighted by Crippen LogP contribution is -2.46. The number of nitrogens with one attached hydrogen (secondary N) is 1. The fraction of sp³-hybridized carbons (Fsp3) is 0.938. The summed E-state index contributed by atoms with van der Waals surface area (Å²) in [5.41, 5.74) is 0. The van der Waals surface area contributed by atoms with Gasteiger partial charge in [-0.3, -0.25) is 9.36 Å². The molecule has 0 aromatic rings. The number of carbonyl (C=O) groups is 1. The third-order valence-electron chi connectivity index (χ3n) is 11.3. The molecule has 0 aliphatic carbocycles. The molecule has 3 atom stereocenters. The molecule has 0 saturated carbocycles. The molecule has 1 amide bonds. The van der Waals surface area contributed by atoms with E-state index in [-0.39, 0.29) is 19.1 Å². The summed E-state index contributed by atoms with van der Waals surface area (Å²) in [6.45, 7) is 4.73. The molecule has 340 valence electrons. The minimum Gasteiger partial charge on any atom is -0.756 e. The predicted molar refractivity (Wildman–Crippen MR) is 242 cm³/mol. The van der Waals surface area contributed by atoms with E-state index in [1.54, 1.807) is 0 Å². The minimum atomic E-state index is -4.56. The number of hydrogen-bond donors (Lipinski definition) is 2. The number of hydrogen-bond acceptors (Lipinski definition) is 6. The van der Waals surface area contributed by atoms with Crippen molar-refractivity contribution >= 4 is 13.7 Å². The number of carbonyl (C=O) groups excluding carboxylic acids is 1. The van der Waals surface area contributed by atoms with Gasteiger partial charge < -0.3 is 28.8 Å². The zero-order valence-corrected chi connectivity index (χ0v) is 39.5. The van der Waals surface area contributed by atoms with Gasteiger partial charge in [-0.25, -0.2) is 0 Å². The van der Waals surface area contributed by atoms with Crippen LogP contribution in [0.4, 0.5) is 0 Å². The second-order valence-corrected chi connectivity index (χ2v) is 19.6. The lowest BCUT2D eigenvalue weighted by atomic mass is 10.0. The summed E-state index contributed by atoms with van der Waals surface area (Å²) in [4.78, 5) is 25.4. The third kappa shape index (κ3) is 43.1. The predicted octanol–water partition coefficient (Wildman–Crippen LogP) is 13.3. The van der Waals surface area contributed by atoms with Gasteiger partial charge in [-0.1, -0.05) is 206 Å². The highest BCUT2D eigenvalue weighted by Crippen LogP contribution is 2.38. The van der Waals surface area contributed by atoms with Gasteiger partial charge >= 0.3 is 0 Å². The second kappa shape index (κ2) is 40.6. The van der Waals surface area contributed by atoms with E-state index in [9.17, 15) is 19.4 Å². The number of quaternary nitrogens is 1. The Labute approximate surface area is 354 Å². The molecule has 57 heavy (non-hydrogen) atoms. The first-order valence-electron chi connectivity index (χ1n) is 24.5. The molecule has 0 bridgehead atoms. The molecule has 0 saturated heterocycles. The van der Waals surface area contributed by atoms with Gasteiger partial charge in [0.25, 0.3) is 7.82 Å². The Hall–Kier alpha value is -0.760. The van der Waals surface area contributed by atoms with Crippen LogP contribution < -0.4 is 10.2 Å². The van der Waals surface area contributed by atoms with Gasteiger partial charge in [-0.2, -0.15) is 0 Å². The van der Waals surface area contributed by atoms with Crippen LogP contribution in [-0.2, 0) is 18.4 Å². The van der Waals surface area contributed by atoms with E-state index in [0.29, 0.717) is 23.9 Å². The zero-order chi connectivity index (χ0) is 42.1. The number of aliphatic hydroxyl groups excluding tert-OH is 1. The number of aliphatic hydroxyl groups is 1. The average molecular weight is 829 g/mol. The van der Waals surface area contributed by atoms with E-state index in [2.05, 4.69) is 31.3 Å². The Morgan fingerprint density at radius 2 is 0.965 bits per heavy atom. The van der Waals surface area contributed by atoms with Crippen LogP contribution in [0.3, 0.4) is 0 Å².